The van der Waals surface area contributed by atoms with Gasteiger partial charge in [-0.05, 0) is 0 Å². The zero-order valence-corrected chi connectivity index (χ0v) is 17.3. The molecule has 0 saturated carbocycles. The standard InChI is InChI=1S/C5H9O2.3C4H9.Sn/c1-4(2)5(6)7-3;3*1-3-4-2;/h4H,1H2,2-3H3;3*1,3-4H2,2H3;/t4-;;;;/m1..../s1. The van der Waals surface area contributed by atoms with E-state index in [2.05, 4.69) is 27.7 Å². The summed E-state index contributed by atoms with van der Waals surface area (Å²) in [5.41, 5.74) is 0. The van der Waals surface area contributed by atoms with Gasteiger partial charge in [0.25, 0.3) is 0 Å². The molecule has 0 N–H and O–H groups in total. The third-order valence-corrected chi connectivity index (χ3v) is 20.9. The van der Waals surface area contributed by atoms with Crippen LogP contribution in [0.5, 0.6) is 0 Å². The van der Waals surface area contributed by atoms with Crippen molar-refractivity contribution in [2.75, 3.05) is 7.11 Å². The summed E-state index contributed by atoms with van der Waals surface area (Å²) in [6.07, 6.45) is 8.00. The number of rotatable bonds is 12. The van der Waals surface area contributed by atoms with Gasteiger partial charge in [-0.1, -0.05) is 0 Å². The van der Waals surface area contributed by atoms with E-state index in [9.17, 15) is 4.79 Å². The van der Waals surface area contributed by atoms with Crippen LogP contribution < -0.4 is 0 Å². The zero-order chi connectivity index (χ0) is 15.4. The topological polar surface area (TPSA) is 26.3 Å². The van der Waals surface area contributed by atoms with Gasteiger partial charge in [0, 0.05) is 0 Å². The molecule has 0 rings (SSSR count). The molecule has 0 amide bonds. The Morgan fingerprint density at radius 2 is 1.35 bits per heavy atom. The fourth-order valence-electron chi connectivity index (χ4n) is 3.27. The van der Waals surface area contributed by atoms with Crippen LogP contribution in [0.1, 0.15) is 66.2 Å². The number of esters is 1. The van der Waals surface area contributed by atoms with E-state index in [-0.39, 0.29) is 11.9 Å². The molecule has 120 valence electrons. The maximum atomic E-state index is 11.8. The van der Waals surface area contributed by atoms with E-state index in [1.807, 2.05) is 0 Å². The fraction of sp³-hybridized carbons (Fsp3) is 0.941. The van der Waals surface area contributed by atoms with Crippen LogP contribution in [-0.2, 0) is 9.53 Å². The van der Waals surface area contributed by atoms with Crippen molar-refractivity contribution in [1.29, 1.82) is 0 Å². The van der Waals surface area contributed by atoms with Gasteiger partial charge in [-0.25, -0.2) is 0 Å². The van der Waals surface area contributed by atoms with Crippen molar-refractivity contribution in [2.45, 2.75) is 84.0 Å². The van der Waals surface area contributed by atoms with Crippen molar-refractivity contribution in [3.8, 4) is 0 Å². The molecule has 0 aliphatic rings. The average molecular weight is 391 g/mol. The van der Waals surface area contributed by atoms with Crippen LogP contribution in [0.15, 0.2) is 0 Å². The Hall–Kier alpha value is 0.269. The molecule has 0 spiro atoms. The first-order chi connectivity index (χ1) is 9.55. The van der Waals surface area contributed by atoms with E-state index in [1.165, 1.54) is 63.4 Å². The zero-order valence-electron chi connectivity index (χ0n) is 14.5. The van der Waals surface area contributed by atoms with E-state index in [0.29, 0.717) is 0 Å². The van der Waals surface area contributed by atoms with E-state index in [0.717, 1.165) is 0 Å². The van der Waals surface area contributed by atoms with E-state index in [4.69, 9.17) is 4.74 Å². The number of unbranched alkanes of at least 4 members (excludes halogenated alkanes) is 3. The van der Waals surface area contributed by atoms with Crippen LogP contribution in [-0.4, -0.2) is 31.5 Å². The minimum atomic E-state index is -2.15. The van der Waals surface area contributed by atoms with Crippen LogP contribution in [0.2, 0.25) is 17.7 Å². The summed E-state index contributed by atoms with van der Waals surface area (Å²) in [4.78, 5) is 11.8. The summed E-state index contributed by atoms with van der Waals surface area (Å²) in [7, 11) is 1.53. The van der Waals surface area contributed by atoms with Gasteiger partial charge in [0.15, 0.2) is 0 Å². The molecule has 0 fully saturated rings. The van der Waals surface area contributed by atoms with Crippen LogP contribution in [0.4, 0.5) is 0 Å². The Labute approximate surface area is 130 Å². The van der Waals surface area contributed by atoms with Crippen molar-refractivity contribution in [3.63, 3.8) is 0 Å². The van der Waals surface area contributed by atoms with Crippen LogP contribution in [0, 0.1) is 5.92 Å². The molecular weight excluding hydrogens is 355 g/mol. The van der Waals surface area contributed by atoms with E-state index in [1.54, 1.807) is 0 Å². The molecule has 0 aliphatic carbocycles. The second kappa shape index (κ2) is 11.9. The molecule has 0 radical (unpaired) electrons. The Kier molecular flexibility index (Phi) is 12.0. The van der Waals surface area contributed by atoms with Gasteiger partial charge < -0.3 is 0 Å². The average Bonchev–Trinajstić information content (AvgIpc) is 2.47. The molecule has 0 saturated heterocycles. The number of methoxy groups -OCH3 is 1. The number of carbonyl (C=O) groups excluding carboxylic acids is 1. The molecule has 0 aliphatic heterocycles. The van der Waals surface area contributed by atoms with E-state index >= 15 is 0 Å². The number of hydrogen-bond donors (Lipinski definition) is 0. The molecule has 0 unspecified atom stereocenters. The molecule has 0 aromatic carbocycles. The number of ether oxygens (including phenoxy) is 1. The Morgan fingerprint density at radius 1 is 0.950 bits per heavy atom. The minimum absolute atomic E-state index is 0.00979. The SMILES string of the molecule is CCC[CH2][Sn]([CH2]CCC)([CH2]CCC)[CH2][C@H](C)C(=O)OC. The Bertz CT molecular complexity index is 232. The summed E-state index contributed by atoms with van der Waals surface area (Å²) in [5, 5.41) is 0. The third kappa shape index (κ3) is 7.89. The Morgan fingerprint density at radius 3 is 1.65 bits per heavy atom. The van der Waals surface area contributed by atoms with Gasteiger partial charge >= 0.3 is 131 Å². The summed E-state index contributed by atoms with van der Waals surface area (Å²) >= 11 is -2.15. The third-order valence-electron chi connectivity index (χ3n) is 4.52. The molecular formula is C17H36O2Sn. The normalized spacial score (nSPS) is 13.2. The van der Waals surface area contributed by atoms with Gasteiger partial charge in [-0.15, -0.1) is 0 Å². The van der Waals surface area contributed by atoms with Crippen molar-refractivity contribution in [3.05, 3.63) is 0 Å². The number of carbonyl (C=O) groups is 1. The number of hydrogen-bond acceptors (Lipinski definition) is 2. The van der Waals surface area contributed by atoms with Crippen LogP contribution in [0.3, 0.4) is 0 Å². The summed E-state index contributed by atoms with van der Waals surface area (Å²) in [6.45, 7) is 8.96. The van der Waals surface area contributed by atoms with Gasteiger partial charge in [-0.2, -0.15) is 0 Å². The molecule has 2 nitrogen and oxygen atoms in total. The quantitative estimate of drug-likeness (QED) is 0.318. The molecule has 0 aromatic rings. The fourth-order valence-corrected chi connectivity index (χ4v) is 20.8. The van der Waals surface area contributed by atoms with Gasteiger partial charge in [0.2, 0.25) is 0 Å². The summed E-state index contributed by atoms with van der Waals surface area (Å²) in [5.74, 6) is 0.136. The molecule has 0 bridgehead atoms. The van der Waals surface area contributed by atoms with Gasteiger partial charge in [0.1, 0.15) is 0 Å². The molecule has 1 atom stereocenters. The second-order valence-electron chi connectivity index (χ2n) is 6.44. The van der Waals surface area contributed by atoms with Gasteiger partial charge in [-0.3, -0.25) is 0 Å². The predicted molar refractivity (Wildman–Crippen MR) is 90.9 cm³/mol. The molecule has 0 heterocycles. The molecule has 20 heavy (non-hydrogen) atoms. The van der Waals surface area contributed by atoms with Crippen LogP contribution >= 0.6 is 0 Å². The van der Waals surface area contributed by atoms with Crippen molar-refractivity contribution >= 4 is 24.3 Å². The van der Waals surface area contributed by atoms with E-state index < -0.39 is 18.4 Å². The molecule has 0 aromatic heterocycles. The van der Waals surface area contributed by atoms with Crippen molar-refractivity contribution < 1.29 is 9.53 Å². The Balaban J connectivity index is 4.86. The van der Waals surface area contributed by atoms with Crippen molar-refractivity contribution in [2.24, 2.45) is 5.92 Å². The summed E-state index contributed by atoms with van der Waals surface area (Å²) in [6, 6.07) is 0. The predicted octanol–water partition coefficient (Wildman–Crippen LogP) is 5.64. The first-order valence-electron chi connectivity index (χ1n) is 8.63. The second-order valence-corrected chi connectivity index (χ2v) is 20.4. The maximum absolute atomic E-state index is 11.8. The summed E-state index contributed by atoms with van der Waals surface area (Å²) < 4.78 is 10.6. The van der Waals surface area contributed by atoms with Crippen molar-refractivity contribution in [1.82, 2.24) is 0 Å². The first-order valence-corrected chi connectivity index (χ1v) is 16.7. The molecule has 3 heteroatoms. The van der Waals surface area contributed by atoms with Crippen LogP contribution in [0.25, 0.3) is 0 Å². The van der Waals surface area contributed by atoms with Gasteiger partial charge in [0.05, 0.1) is 0 Å². The monoisotopic (exact) mass is 392 g/mol. The first kappa shape index (κ1) is 20.3.